The molecule has 6 heteroatoms. The summed E-state index contributed by atoms with van der Waals surface area (Å²) in [6.07, 6.45) is 5.63. The highest BCUT2D eigenvalue weighted by molar-refractivity contribution is 5.75. The van der Waals surface area contributed by atoms with E-state index < -0.39 is 0 Å². The predicted molar refractivity (Wildman–Crippen MR) is 73.0 cm³/mol. The lowest BCUT2D eigenvalue weighted by Crippen LogP contribution is -2.25. The van der Waals surface area contributed by atoms with Crippen molar-refractivity contribution in [1.29, 1.82) is 0 Å². The van der Waals surface area contributed by atoms with Gasteiger partial charge < -0.3 is 10.1 Å². The molecule has 1 fully saturated rings. The second kappa shape index (κ2) is 6.00. The molecule has 1 atom stereocenters. The second-order valence-corrected chi connectivity index (χ2v) is 5.00. The number of amides is 1. The van der Waals surface area contributed by atoms with Crippen molar-refractivity contribution in [2.75, 3.05) is 6.61 Å². The first-order valence-corrected chi connectivity index (χ1v) is 7.00. The zero-order chi connectivity index (χ0) is 13.8. The van der Waals surface area contributed by atoms with Gasteiger partial charge in [-0.2, -0.15) is 0 Å². The van der Waals surface area contributed by atoms with Gasteiger partial charge in [0.25, 0.3) is 0 Å². The quantitative estimate of drug-likeness (QED) is 0.892. The third-order valence-electron chi connectivity index (χ3n) is 3.55. The summed E-state index contributed by atoms with van der Waals surface area (Å²) in [7, 11) is 0. The molecule has 0 spiro atoms. The predicted octanol–water partition coefficient (Wildman–Crippen LogP) is 1.30. The number of rotatable bonds is 5. The monoisotopic (exact) mass is 274 g/mol. The van der Waals surface area contributed by atoms with Crippen molar-refractivity contribution < 1.29 is 9.53 Å². The van der Waals surface area contributed by atoms with Gasteiger partial charge >= 0.3 is 0 Å². The maximum atomic E-state index is 11.8. The minimum absolute atomic E-state index is 0.0354. The van der Waals surface area contributed by atoms with Gasteiger partial charge in [0.2, 0.25) is 5.91 Å². The van der Waals surface area contributed by atoms with E-state index in [2.05, 4.69) is 15.5 Å². The molecule has 20 heavy (non-hydrogen) atoms. The van der Waals surface area contributed by atoms with Crippen LogP contribution < -0.4 is 5.32 Å². The summed E-state index contributed by atoms with van der Waals surface area (Å²) in [6, 6.07) is 5.71. The van der Waals surface area contributed by atoms with Crippen LogP contribution in [0.4, 0.5) is 0 Å². The van der Waals surface area contributed by atoms with Crippen molar-refractivity contribution in [2.24, 2.45) is 0 Å². The Kier molecular flexibility index (Phi) is 3.92. The molecule has 106 valence electrons. The molecule has 0 aromatic carbocycles. The highest BCUT2D eigenvalue weighted by Gasteiger charge is 2.16. The standard InChI is InChI=1S/C14H18N4O2/c19-14(7-6-11-4-3-9-20-11)15-10-13-17-16-12-5-1-2-8-18(12)13/h1-2,5,8,11H,3-4,6-7,9-10H2,(H,15,19)/t11-/m1/s1. The van der Waals surface area contributed by atoms with Gasteiger partial charge in [-0.05, 0) is 31.4 Å². The van der Waals surface area contributed by atoms with Crippen molar-refractivity contribution in [3.05, 3.63) is 30.2 Å². The van der Waals surface area contributed by atoms with Gasteiger partial charge in [0.15, 0.2) is 11.5 Å². The third kappa shape index (κ3) is 2.96. The van der Waals surface area contributed by atoms with Gasteiger partial charge in [-0.1, -0.05) is 6.07 Å². The molecular formula is C14H18N4O2. The molecule has 0 unspecified atom stereocenters. The van der Waals surface area contributed by atoms with Crippen LogP contribution in [0.1, 0.15) is 31.5 Å². The molecule has 0 radical (unpaired) electrons. The van der Waals surface area contributed by atoms with E-state index in [1.807, 2.05) is 28.8 Å². The Bertz CT molecular complexity index is 590. The number of carbonyl (C=O) groups excluding carboxylic acids is 1. The van der Waals surface area contributed by atoms with Gasteiger partial charge in [0.1, 0.15) is 0 Å². The lowest BCUT2D eigenvalue weighted by Gasteiger charge is -2.08. The van der Waals surface area contributed by atoms with Crippen molar-refractivity contribution in [3.63, 3.8) is 0 Å². The SMILES string of the molecule is O=C(CC[C@H]1CCCO1)NCc1nnc2ccccn12. The van der Waals surface area contributed by atoms with E-state index >= 15 is 0 Å². The smallest absolute Gasteiger partial charge is 0.220 e. The topological polar surface area (TPSA) is 68.5 Å². The molecule has 1 saturated heterocycles. The Morgan fingerprint density at radius 1 is 1.45 bits per heavy atom. The molecule has 6 nitrogen and oxygen atoms in total. The molecular weight excluding hydrogens is 256 g/mol. The molecule has 0 bridgehead atoms. The maximum Gasteiger partial charge on any atom is 0.220 e. The van der Waals surface area contributed by atoms with Gasteiger partial charge in [-0.25, -0.2) is 0 Å². The number of pyridine rings is 1. The van der Waals surface area contributed by atoms with E-state index in [-0.39, 0.29) is 12.0 Å². The molecule has 1 aliphatic heterocycles. The third-order valence-corrected chi connectivity index (χ3v) is 3.55. The summed E-state index contributed by atoms with van der Waals surface area (Å²) >= 11 is 0. The Morgan fingerprint density at radius 2 is 2.40 bits per heavy atom. The van der Waals surface area contributed by atoms with Crippen LogP contribution in [-0.2, 0) is 16.1 Å². The average molecular weight is 274 g/mol. The molecule has 1 aliphatic rings. The summed E-state index contributed by atoms with van der Waals surface area (Å²) in [5.41, 5.74) is 0.788. The Morgan fingerprint density at radius 3 is 3.25 bits per heavy atom. The number of nitrogens with one attached hydrogen (secondary N) is 1. The van der Waals surface area contributed by atoms with Crippen molar-refractivity contribution in [2.45, 2.75) is 38.3 Å². The molecule has 2 aromatic heterocycles. The summed E-state index contributed by atoms with van der Waals surface area (Å²) < 4.78 is 7.38. The van der Waals surface area contributed by atoms with Crippen LogP contribution in [0.2, 0.25) is 0 Å². The number of carbonyl (C=O) groups is 1. The number of hydrogen-bond acceptors (Lipinski definition) is 4. The van der Waals surface area contributed by atoms with Gasteiger partial charge in [0.05, 0.1) is 12.6 Å². The fourth-order valence-electron chi connectivity index (χ4n) is 2.44. The Labute approximate surface area is 117 Å². The number of nitrogens with zero attached hydrogens (tertiary/aromatic N) is 3. The molecule has 3 heterocycles. The largest absolute Gasteiger partial charge is 0.378 e. The maximum absolute atomic E-state index is 11.8. The van der Waals surface area contributed by atoms with Gasteiger partial charge in [-0.3, -0.25) is 9.20 Å². The Balaban J connectivity index is 1.49. The summed E-state index contributed by atoms with van der Waals surface area (Å²) in [6.45, 7) is 1.23. The van der Waals surface area contributed by atoms with Crippen molar-refractivity contribution >= 4 is 11.6 Å². The highest BCUT2D eigenvalue weighted by atomic mass is 16.5. The fourth-order valence-corrected chi connectivity index (χ4v) is 2.44. The minimum atomic E-state index is 0.0354. The first kappa shape index (κ1) is 13.1. The van der Waals surface area contributed by atoms with Gasteiger partial charge in [0, 0.05) is 19.2 Å². The molecule has 2 aromatic rings. The van der Waals surface area contributed by atoms with Crippen molar-refractivity contribution in [3.8, 4) is 0 Å². The zero-order valence-corrected chi connectivity index (χ0v) is 11.3. The minimum Gasteiger partial charge on any atom is -0.378 e. The van der Waals surface area contributed by atoms with Crippen LogP contribution in [0.3, 0.4) is 0 Å². The number of aromatic nitrogens is 3. The van der Waals surface area contributed by atoms with E-state index in [4.69, 9.17) is 4.74 Å². The first-order chi connectivity index (χ1) is 9.83. The normalized spacial score (nSPS) is 18.5. The van der Waals surface area contributed by atoms with Crippen LogP contribution in [0.25, 0.3) is 5.65 Å². The Hall–Kier alpha value is -1.95. The van der Waals surface area contributed by atoms with E-state index in [1.54, 1.807) is 0 Å². The average Bonchev–Trinajstić information content (AvgIpc) is 3.12. The zero-order valence-electron chi connectivity index (χ0n) is 11.3. The van der Waals surface area contributed by atoms with Crippen LogP contribution in [-0.4, -0.2) is 33.2 Å². The van der Waals surface area contributed by atoms with E-state index in [9.17, 15) is 4.79 Å². The van der Waals surface area contributed by atoms with E-state index in [0.29, 0.717) is 13.0 Å². The highest BCUT2D eigenvalue weighted by Crippen LogP contribution is 2.16. The lowest BCUT2D eigenvalue weighted by molar-refractivity contribution is -0.121. The van der Waals surface area contributed by atoms with Crippen LogP contribution in [0, 0.1) is 0 Å². The van der Waals surface area contributed by atoms with E-state index in [1.165, 1.54) is 0 Å². The van der Waals surface area contributed by atoms with Crippen molar-refractivity contribution in [1.82, 2.24) is 19.9 Å². The molecule has 0 saturated carbocycles. The molecule has 1 amide bonds. The van der Waals surface area contributed by atoms with Gasteiger partial charge in [-0.15, -0.1) is 10.2 Å². The molecule has 3 rings (SSSR count). The summed E-state index contributed by atoms with van der Waals surface area (Å²) in [5.74, 6) is 0.777. The number of hydrogen-bond donors (Lipinski definition) is 1. The van der Waals surface area contributed by atoms with Crippen LogP contribution >= 0.6 is 0 Å². The fraction of sp³-hybridized carbons (Fsp3) is 0.500. The number of fused-ring (bicyclic) bond motifs is 1. The number of ether oxygens (including phenoxy) is 1. The molecule has 0 aliphatic carbocycles. The lowest BCUT2D eigenvalue weighted by atomic mass is 10.1. The second-order valence-electron chi connectivity index (χ2n) is 5.00. The summed E-state index contributed by atoms with van der Waals surface area (Å²) in [4.78, 5) is 11.8. The van der Waals surface area contributed by atoms with E-state index in [0.717, 1.165) is 37.3 Å². The summed E-state index contributed by atoms with van der Waals surface area (Å²) in [5, 5.41) is 11.0. The molecule has 1 N–H and O–H groups in total. The van der Waals surface area contributed by atoms with Crippen LogP contribution in [0.15, 0.2) is 24.4 Å². The van der Waals surface area contributed by atoms with Crippen LogP contribution in [0.5, 0.6) is 0 Å². The first-order valence-electron chi connectivity index (χ1n) is 7.00.